The summed E-state index contributed by atoms with van der Waals surface area (Å²) < 4.78 is 0. The van der Waals surface area contributed by atoms with E-state index >= 15 is 0 Å². The van der Waals surface area contributed by atoms with Crippen LogP contribution in [0.3, 0.4) is 0 Å². The lowest BCUT2D eigenvalue weighted by molar-refractivity contribution is 1.39. The first-order chi connectivity index (χ1) is 8.10. The molecule has 1 aromatic rings. The summed E-state index contributed by atoms with van der Waals surface area (Å²) in [5.74, 6) is 0. The third-order valence-corrected chi connectivity index (χ3v) is 3.73. The maximum atomic E-state index is 4.01. The van der Waals surface area contributed by atoms with Crippen molar-refractivity contribution in [2.24, 2.45) is 0 Å². The number of hydrogen-bond acceptors (Lipinski definition) is 1. The van der Waals surface area contributed by atoms with Gasteiger partial charge in [-0.2, -0.15) is 0 Å². The lowest BCUT2D eigenvalue weighted by Crippen LogP contribution is -1.85. The zero-order valence-corrected chi connectivity index (χ0v) is 11.3. The van der Waals surface area contributed by atoms with E-state index in [1.807, 2.05) is 38.1 Å². The van der Waals surface area contributed by atoms with Gasteiger partial charge in [0.1, 0.15) is 0 Å². The van der Waals surface area contributed by atoms with E-state index in [1.54, 1.807) is 11.8 Å². The molecule has 1 aromatic carbocycles. The van der Waals surface area contributed by atoms with Gasteiger partial charge in [0.25, 0.3) is 0 Å². The molecule has 1 rings (SSSR count). The van der Waals surface area contributed by atoms with Gasteiger partial charge in [-0.25, -0.2) is 0 Å². The molecule has 0 aliphatic heterocycles. The van der Waals surface area contributed by atoms with Gasteiger partial charge < -0.3 is 0 Å². The Morgan fingerprint density at radius 3 is 2.29 bits per heavy atom. The van der Waals surface area contributed by atoms with Crippen molar-refractivity contribution in [3.63, 3.8) is 0 Å². The van der Waals surface area contributed by atoms with Crippen molar-refractivity contribution in [1.29, 1.82) is 0 Å². The van der Waals surface area contributed by atoms with Crippen molar-refractivity contribution in [2.45, 2.75) is 18.7 Å². The molecule has 0 fully saturated rings. The molecule has 88 valence electrons. The number of benzene rings is 1. The van der Waals surface area contributed by atoms with Crippen LogP contribution in [0.25, 0.3) is 5.57 Å². The van der Waals surface area contributed by atoms with E-state index in [4.69, 9.17) is 0 Å². The van der Waals surface area contributed by atoms with E-state index in [1.165, 1.54) is 10.5 Å². The van der Waals surface area contributed by atoms with Crippen molar-refractivity contribution >= 4 is 17.3 Å². The molecule has 0 amide bonds. The van der Waals surface area contributed by atoms with E-state index in [-0.39, 0.29) is 0 Å². The fourth-order valence-corrected chi connectivity index (χ4v) is 2.47. The van der Waals surface area contributed by atoms with Gasteiger partial charge in [0.2, 0.25) is 0 Å². The molecule has 0 atom stereocenters. The summed E-state index contributed by atoms with van der Waals surface area (Å²) in [4.78, 5) is 2.34. The maximum absolute atomic E-state index is 4.01. The zero-order chi connectivity index (χ0) is 12.8. The Bertz CT molecular complexity index is 478. The summed E-state index contributed by atoms with van der Waals surface area (Å²) in [5, 5.41) is 0. The average molecular weight is 242 g/mol. The second-order valence-electron chi connectivity index (χ2n) is 3.83. The minimum Gasteiger partial charge on any atom is -0.0988 e. The topological polar surface area (TPSA) is 0 Å². The number of rotatable bonds is 5. The van der Waals surface area contributed by atoms with Gasteiger partial charge in [-0.3, -0.25) is 0 Å². The highest BCUT2D eigenvalue weighted by Gasteiger charge is 2.05. The third-order valence-electron chi connectivity index (χ3n) is 2.45. The van der Waals surface area contributed by atoms with E-state index in [2.05, 4.69) is 31.9 Å². The SMILES string of the molecule is C=C/C(C)=C(\C=C)Sc1ccccc1C(=C)C. The Balaban J connectivity index is 3.15. The fraction of sp³-hybridized carbons (Fsp3) is 0.125. The Hall–Kier alpha value is -1.47. The van der Waals surface area contributed by atoms with Gasteiger partial charge >= 0.3 is 0 Å². The third kappa shape index (κ3) is 3.50. The van der Waals surface area contributed by atoms with Crippen LogP contribution in [-0.2, 0) is 0 Å². The molecule has 1 heteroatoms. The first kappa shape index (κ1) is 13.6. The first-order valence-electron chi connectivity index (χ1n) is 5.48. The van der Waals surface area contributed by atoms with E-state index in [0.717, 1.165) is 16.1 Å². The monoisotopic (exact) mass is 242 g/mol. The molecule has 0 bridgehead atoms. The molecule has 0 nitrogen and oxygen atoms in total. The quantitative estimate of drug-likeness (QED) is 0.488. The molecule has 0 unspecified atom stereocenters. The molecule has 0 aliphatic carbocycles. The van der Waals surface area contributed by atoms with Crippen LogP contribution in [0.15, 0.2) is 71.5 Å². The highest BCUT2D eigenvalue weighted by atomic mass is 32.2. The number of hydrogen-bond donors (Lipinski definition) is 0. The summed E-state index contributed by atoms with van der Waals surface area (Å²) in [6, 6.07) is 8.27. The van der Waals surface area contributed by atoms with Crippen LogP contribution in [-0.4, -0.2) is 0 Å². The first-order valence-corrected chi connectivity index (χ1v) is 6.30. The highest BCUT2D eigenvalue weighted by molar-refractivity contribution is 8.03. The Morgan fingerprint density at radius 2 is 1.76 bits per heavy atom. The minimum atomic E-state index is 1.08. The molecular formula is C16H18S. The molecule has 17 heavy (non-hydrogen) atoms. The standard InChI is InChI=1S/C16H18S/c1-6-13(5)15(7-2)17-16-11-9-8-10-14(16)12(3)4/h6-11H,1-3H2,4-5H3/b15-13+. The summed E-state index contributed by atoms with van der Waals surface area (Å²) in [7, 11) is 0. The second kappa shape index (κ2) is 6.31. The second-order valence-corrected chi connectivity index (χ2v) is 4.92. The van der Waals surface area contributed by atoms with Gasteiger partial charge in [-0.1, -0.05) is 61.8 Å². The highest BCUT2D eigenvalue weighted by Crippen LogP contribution is 2.34. The van der Waals surface area contributed by atoms with Crippen LogP contribution in [0.5, 0.6) is 0 Å². The van der Waals surface area contributed by atoms with Gasteiger partial charge in [0.05, 0.1) is 0 Å². The van der Waals surface area contributed by atoms with Crippen LogP contribution < -0.4 is 0 Å². The van der Waals surface area contributed by atoms with Crippen LogP contribution in [0.1, 0.15) is 19.4 Å². The maximum Gasteiger partial charge on any atom is 0.0197 e. The minimum absolute atomic E-state index is 1.08. The Morgan fingerprint density at radius 1 is 1.12 bits per heavy atom. The summed E-state index contributed by atoms with van der Waals surface area (Å²) in [6.45, 7) is 15.7. The Labute approximate surface area is 108 Å². The molecule has 0 N–H and O–H groups in total. The van der Waals surface area contributed by atoms with Crippen molar-refractivity contribution in [2.75, 3.05) is 0 Å². The zero-order valence-electron chi connectivity index (χ0n) is 10.5. The van der Waals surface area contributed by atoms with Crippen molar-refractivity contribution in [3.8, 4) is 0 Å². The normalized spacial score (nSPS) is 11.6. The van der Waals surface area contributed by atoms with Crippen molar-refractivity contribution in [3.05, 3.63) is 72.2 Å². The van der Waals surface area contributed by atoms with Crippen LogP contribution in [0, 0.1) is 0 Å². The van der Waals surface area contributed by atoms with Crippen LogP contribution in [0.2, 0.25) is 0 Å². The molecule has 0 saturated carbocycles. The molecule has 0 saturated heterocycles. The van der Waals surface area contributed by atoms with Gasteiger partial charge in [-0.15, -0.1) is 0 Å². The lowest BCUT2D eigenvalue weighted by Gasteiger charge is -2.10. The predicted molar refractivity (Wildman–Crippen MR) is 80.1 cm³/mol. The van der Waals surface area contributed by atoms with Gasteiger partial charge in [0.15, 0.2) is 0 Å². The van der Waals surface area contributed by atoms with Crippen molar-refractivity contribution in [1.82, 2.24) is 0 Å². The van der Waals surface area contributed by atoms with E-state index < -0.39 is 0 Å². The molecule has 0 aliphatic rings. The van der Waals surface area contributed by atoms with Crippen LogP contribution >= 0.6 is 11.8 Å². The summed E-state index contributed by atoms with van der Waals surface area (Å²) in [5.41, 5.74) is 3.41. The smallest absolute Gasteiger partial charge is 0.0197 e. The van der Waals surface area contributed by atoms with E-state index in [9.17, 15) is 0 Å². The van der Waals surface area contributed by atoms with Crippen molar-refractivity contribution < 1.29 is 0 Å². The number of allylic oxidation sites excluding steroid dienone is 4. The average Bonchev–Trinajstić information content (AvgIpc) is 2.35. The summed E-state index contributed by atoms with van der Waals surface area (Å²) in [6.07, 6.45) is 3.73. The van der Waals surface area contributed by atoms with Crippen LogP contribution in [0.4, 0.5) is 0 Å². The molecule has 0 spiro atoms. The number of thioether (sulfide) groups is 1. The van der Waals surface area contributed by atoms with Gasteiger partial charge in [-0.05, 0) is 36.6 Å². The molecular weight excluding hydrogens is 224 g/mol. The summed E-state index contributed by atoms with van der Waals surface area (Å²) >= 11 is 1.71. The molecule has 0 radical (unpaired) electrons. The van der Waals surface area contributed by atoms with Gasteiger partial charge in [0, 0.05) is 9.80 Å². The molecule has 0 aromatic heterocycles. The lowest BCUT2D eigenvalue weighted by atomic mass is 10.1. The largest absolute Gasteiger partial charge is 0.0988 e. The predicted octanol–water partition coefficient (Wildman–Crippen LogP) is 5.46. The fourth-order valence-electron chi connectivity index (χ4n) is 1.41. The van der Waals surface area contributed by atoms with E-state index in [0.29, 0.717) is 0 Å². The molecule has 0 heterocycles. The Kier molecular flexibility index (Phi) is 5.05.